The first-order valence-electron chi connectivity index (χ1n) is 9.40. The summed E-state index contributed by atoms with van der Waals surface area (Å²) in [5.41, 5.74) is 2.41. The number of carbonyl (C=O) groups excluding carboxylic acids is 1. The number of benzene rings is 3. The minimum absolute atomic E-state index is 0.0928. The van der Waals surface area contributed by atoms with Crippen LogP contribution >= 0.6 is 0 Å². The standard InChI is InChI=1S/C24H25NO4/c1-17(18-7-5-4-6-8-18)25-24(26)19-9-14-23(28-3)20(15-19)16-29-22-12-10-21(27-2)11-13-22/h4-15,17H,16H2,1-3H3,(H,25,26)/t17-/m0/s1. The van der Waals surface area contributed by atoms with Crippen molar-refractivity contribution in [2.45, 2.75) is 19.6 Å². The van der Waals surface area contributed by atoms with E-state index in [-0.39, 0.29) is 18.6 Å². The number of ether oxygens (including phenoxy) is 3. The van der Waals surface area contributed by atoms with Crippen LogP contribution in [0.25, 0.3) is 0 Å². The van der Waals surface area contributed by atoms with Crippen molar-refractivity contribution in [1.29, 1.82) is 0 Å². The molecule has 0 heterocycles. The molecule has 0 aliphatic rings. The molecular weight excluding hydrogens is 366 g/mol. The van der Waals surface area contributed by atoms with E-state index in [0.717, 1.165) is 16.9 Å². The Labute approximate surface area is 171 Å². The molecule has 0 aliphatic carbocycles. The molecule has 0 spiro atoms. The van der Waals surface area contributed by atoms with Crippen molar-refractivity contribution in [2.24, 2.45) is 0 Å². The average molecular weight is 391 g/mol. The lowest BCUT2D eigenvalue weighted by molar-refractivity contribution is 0.0939. The first-order valence-corrected chi connectivity index (χ1v) is 9.40. The Morgan fingerprint density at radius 1 is 0.897 bits per heavy atom. The van der Waals surface area contributed by atoms with E-state index in [9.17, 15) is 4.79 Å². The zero-order chi connectivity index (χ0) is 20.6. The van der Waals surface area contributed by atoms with Gasteiger partial charge in [0.1, 0.15) is 23.9 Å². The molecule has 1 N–H and O–H groups in total. The van der Waals surface area contributed by atoms with Crippen LogP contribution < -0.4 is 19.5 Å². The molecule has 0 saturated carbocycles. The minimum atomic E-state index is -0.144. The maximum absolute atomic E-state index is 12.7. The van der Waals surface area contributed by atoms with Crippen molar-refractivity contribution < 1.29 is 19.0 Å². The Morgan fingerprint density at radius 3 is 2.24 bits per heavy atom. The lowest BCUT2D eigenvalue weighted by atomic mass is 10.1. The van der Waals surface area contributed by atoms with Crippen molar-refractivity contribution in [2.75, 3.05) is 14.2 Å². The molecule has 0 bridgehead atoms. The van der Waals surface area contributed by atoms with Crippen molar-refractivity contribution in [1.82, 2.24) is 5.32 Å². The summed E-state index contributed by atoms with van der Waals surface area (Å²) in [5.74, 6) is 2.00. The summed E-state index contributed by atoms with van der Waals surface area (Å²) in [6.45, 7) is 2.25. The van der Waals surface area contributed by atoms with E-state index in [1.54, 1.807) is 32.4 Å². The molecule has 3 aromatic rings. The van der Waals surface area contributed by atoms with E-state index in [1.165, 1.54) is 0 Å². The van der Waals surface area contributed by atoms with E-state index in [4.69, 9.17) is 14.2 Å². The van der Waals surface area contributed by atoms with Crippen LogP contribution in [0.4, 0.5) is 0 Å². The van der Waals surface area contributed by atoms with Gasteiger partial charge in [-0.2, -0.15) is 0 Å². The molecule has 0 aliphatic heterocycles. The normalized spacial score (nSPS) is 11.4. The number of amides is 1. The number of hydrogen-bond acceptors (Lipinski definition) is 4. The molecule has 0 radical (unpaired) electrons. The van der Waals surface area contributed by atoms with Crippen LogP contribution in [0.15, 0.2) is 72.8 Å². The summed E-state index contributed by atoms with van der Waals surface area (Å²) >= 11 is 0. The third-order valence-corrected chi connectivity index (χ3v) is 4.64. The molecule has 150 valence electrons. The molecule has 5 heteroatoms. The Balaban J connectivity index is 1.71. The molecule has 3 aromatic carbocycles. The van der Waals surface area contributed by atoms with Gasteiger partial charge in [0, 0.05) is 11.1 Å². The summed E-state index contributed by atoms with van der Waals surface area (Å²) in [7, 11) is 3.22. The van der Waals surface area contributed by atoms with Gasteiger partial charge in [0.2, 0.25) is 0 Å². The van der Waals surface area contributed by atoms with Crippen molar-refractivity contribution in [3.8, 4) is 17.2 Å². The van der Waals surface area contributed by atoms with Gasteiger partial charge < -0.3 is 19.5 Å². The molecule has 0 unspecified atom stereocenters. The van der Waals surface area contributed by atoms with Gasteiger partial charge >= 0.3 is 0 Å². The topological polar surface area (TPSA) is 56.8 Å². The second kappa shape index (κ2) is 9.64. The van der Waals surface area contributed by atoms with Crippen molar-refractivity contribution in [3.05, 3.63) is 89.5 Å². The lowest BCUT2D eigenvalue weighted by Gasteiger charge is -2.16. The van der Waals surface area contributed by atoms with Crippen LogP contribution in [0.5, 0.6) is 17.2 Å². The van der Waals surface area contributed by atoms with Crippen LogP contribution in [0.2, 0.25) is 0 Å². The fourth-order valence-corrected chi connectivity index (χ4v) is 2.97. The molecule has 0 aromatic heterocycles. The van der Waals surface area contributed by atoms with Gasteiger partial charge in [0.05, 0.1) is 20.3 Å². The Hall–Kier alpha value is -3.47. The SMILES string of the molecule is COc1ccc(OCc2cc(C(=O)N[C@@H](C)c3ccccc3)ccc2OC)cc1. The molecule has 29 heavy (non-hydrogen) atoms. The van der Waals surface area contributed by atoms with E-state index in [1.807, 2.05) is 61.5 Å². The van der Waals surface area contributed by atoms with Crippen molar-refractivity contribution >= 4 is 5.91 Å². The molecular formula is C24H25NO4. The maximum Gasteiger partial charge on any atom is 0.251 e. The largest absolute Gasteiger partial charge is 0.497 e. The molecule has 3 rings (SSSR count). The summed E-state index contributed by atoms with van der Waals surface area (Å²) in [6, 6.07) is 22.4. The van der Waals surface area contributed by atoms with E-state index in [0.29, 0.717) is 17.1 Å². The maximum atomic E-state index is 12.7. The van der Waals surface area contributed by atoms with Gasteiger partial charge in [-0.3, -0.25) is 4.79 Å². The third-order valence-electron chi connectivity index (χ3n) is 4.64. The van der Waals surface area contributed by atoms with Crippen LogP contribution in [0.1, 0.15) is 34.5 Å². The first kappa shape index (κ1) is 20.3. The summed E-state index contributed by atoms with van der Waals surface area (Å²) in [5, 5.41) is 3.03. The second-order valence-corrected chi connectivity index (χ2v) is 6.60. The Morgan fingerprint density at radius 2 is 1.59 bits per heavy atom. The van der Waals surface area contributed by atoms with Crippen LogP contribution in [-0.4, -0.2) is 20.1 Å². The lowest BCUT2D eigenvalue weighted by Crippen LogP contribution is -2.26. The molecule has 1 atom stereocenters. The zero-order valence-corrected chi connectivity index (χ0v) is 16.8. The number of nitrogens with one attached hydrogen (secondary N) is 1. The van der Waals surface area contributed by atoms with E-state index >= 15 is 0 Å². The minimum Gasteiger partial charge on any atom is -0.497 e. The van der Waals surface area contributed by atoms with Gasteiger partial charge in [0.15, 0.2) is 0 Å². The van der Waals surface area contributed by atoms with Crippen molar-refractivity contribution in [3.63, 3.8) is 0 Å². The zero-order valence-electron chi connectivity index (χ0n) is 16.8. The molecule has 1 amide bonds. The smallest absolute Gasteiger partial charge is 0.251 e. The van der Waals surface area contributed by atoms with Crippen LogP contribution in [-0.2, 0) is 6.61 Å². The summed E-state index contributed by atoms with van der Waals surface area (Å²) in [4.78, 5) is 12.7. The predicted molar refractivity (Wildman–Crippen MR) is 113 cm³/mol. The third kappa shape index (κ3) is 5.29. The fraction of sp³-hybridized carbons (Fsp3) is 0.208. The Kier molecular flexibility index (Phi) is 6.74. The highest BCUT2D eigenvalue weighted by atomic mass is 16.5. The summed E-state index contributed by atoms with van der Waals surface area (Å²) < 4.78 is 16.4. The quantitative estimate of drug-likeness (QED) is 0.601. The number of methoxy groups -OCH3 is 2. The highest BCUT2D eigenvalue weighted by Crippen LogP contribution is 2.24. The van der Waals surface area contributed by atoms with Gasteiger partial charge in [-0.05, 0) is 55.0 Å². The van der Waals surface area contributed by atoms with Gasteiger partial charge in [-0.1, -0.05) is 30.3 Å². The number of rotatable bonds is 8. The number of hydrogen-bond donors (Lipinski definition) is 1. The second-order valence-electron chi connectivity index (χ2n) is 6.60. The Bertz CT molecular complexity index is 939. The highest BCUT2D eigenvalue weighted by Gasteiger charge is 2.14. The van der Waals surface area contributed by atoms with Crippen LogP contribution in [0.3, 0.4) is 0 Å². The molecule has 0 saturated heterocycles. The van der Waals surface area contributed by atoms with E-state index < -0.39 is 0 Å². The van der Waals surface area contributed by atoms with Crippen LogP contribution in [0, 0.1) is 0 Å². The molecule has 5 nitrogen and oxygen atoms in total. The number of carbonyl (C=O) groups is 1. The highest BCUT2D eigenvalue weighted by molar-refractivity contribution is 5.94. The summed E-state index contributed by atoms with van der Waals surface area (Å²) in [6.07, 6.45) is 0. The van der Waals surface area contributed by atoms with Gasteiger partial charge in [-0.15, -0.1) is 0 Å². The first-order chi connectivity index (χ1) is 14.1. The van der Waals surface area contributed by atoms with E-state index in [2.05, 4.69) is 5.32 Å². The van der Waals surface area contributed by atoms with Gasteiger partial charge in [-0.25, -0.2) is 0 Å². The molecule has 0 fully saturated rings. The predicted octanol–water partition coefficient (Wildman–Crippen LogP) is 4.77. The monoisotopic (exact) mass is 391 g/mol. The fourth-order valence-electron chi connectivity index (χ4n) is 2.97. The average Bonchev–Trinajstić information content (AvgIpc) is 2.78. The van der Waals surface area contributed by atoms with Gasteiger partial charge in [0.25, 0.3) is 5.91 Å².